The molecule has 2 N–H and O–H groups in total. The number of hydrogen-bond donors (Lipinski definition) is 1. The predicted octanol–water partition coefficient (Wildman–Crippen LogP) is 2.23. The maximum Gasteiger partial charge on any atom is 0.195 e. The summed E-state index contributed by atoms with van der Waals surface area (Å²) in [5.41, 5.74) is 7.28. The molecule has 0 spiro atoms. The molecule has 0 bridgehead atoms. The lowest BCUT2D eigenvalue weighted by Gasteiger charge is -2.31. The quantitative estimate of drug-likeness (QED) is 0.943. The average Bonchev–Trinajstić information content (AvgIpc) is 2.91. The van der Waals surface area contributed by atoms with Crippen LogP contribution in [0.4, 0.5) is 5.82 Å². The summed E-state index contributed by atoms with van der Waals surface area (Å²) in [5.74, 6) is 2.33. The van der Waals surface area contributed by atoms with Gasteiger partial charge in [-0.15, -0.1) is 11.3 Å². The van der Waals surface area contributed by atoms with E-state index in [4.69, 9.17) is 10.7 Å². The zero-order valence-corrected chi connectivity index (χ0v) is 13.0. The number of fused-ring (bicyclic) bond motifs is 1. The molecule has 3 rings (SSSR count). The summed E-state index contributed by atoms with van der Waals surface area (Å²) in [6.45, 7) is 6.53. The summed E-state index contributed by atoms with van der Waals surface area (Å²) in [4.78, 5) is 8.34. The van der Waals surface area contributed by atoms with Crippen molar-refractivity contribution in [3.63, 3.8) is 0 Å². The zero-order valence-electron chi connectivity index (χ0n) is 11.4. The van der Waals surface area contributed by atoms with Crippen LogP contribution >= 0.6 is 23.1 Å². The minimum atomic E-state index is 0.162. The Labute approximate surface area is 122 Å². The first-order chi connectivity index (χ1) is 9.15. The summed E-state index contributed by atoms with van der Waals surface area (Å²) in [6, 6.07) is 0.162. The monoisotopic (exact) mass is 296 g/mol. The molecule has 2 atom stereocenters. The van der Waals surface area contributed by atoms with Gasteiger partial charge in [-0.3, -0.25) is 4.40 Å². The van der Waals surface area contributed by atoms with Crippen LogP contribution in [0.15, 0.2) is 11.6 Å². The van der Waals surface area contributed by atoms with E-state index in [-0.39, 0.29) is 6.04 Å². The predicted molar refractivity (Wildman–Crippen MR) is 84.6 cm³/mol. The Hall–Kier alpha value is -0.720. The highest BCUT2D eigenvalue weighted by Gasteiger charge is 2.24. The number of nitrogens with two attached hydrogens (primary N) is 1. The van der Waals surface area contributed by atoms with Crippen molar-refractivity contribution in [1.29, 1.82) is 0 Å². The van der Waals surface area contributed by atoms with Crippen molar-refractivity contribution < 1.29 is 0 Å². The van der Waals surface area contributed by atoms with Crippen LogP contribution in [-0.4, -0.2) is 39.5 Å². The van der Waals surface area contributed by atoms with Crippen molar-refractivity contribution in [2.45, 2.75) is 31.6 Å². The highest BCUT2D eigenvalue weighted by Crippen LogP contribution is 2.29. The topological polar surface area (TPSA) is 46.6 Å². The Morgan fingerprint density at radius 3 is 3.16 bits per heavy atom. The molecule has 104 valence electrons. The second-order valence-corrected chi connectivity index (χ2v) is 7.67. The molecule has 0 amide bonds. The molecule has 19 heavy (non-hydrogen) atoms. The van der Waals surface area contributed by atoms with Gasteiger partial charge < -0.3 is 10.6 Å². The van der Waals surface area contributed by atoms with Crippen molar-refractivity contribution in [2.24, 2.45) is 5.73 Å². The SMILES string of the molecule is CC(N)Cc1c(N2CCSC(C)C2)nc2sccn12. The van der Waals surface area contributed by atoms with E-state index in [1.807, 2.05) is 11.8 Å². The Bertz CT molecular complexity index is 560. The van der Waals surface area contributed by atoms with Crippen LogP contribution in [0.3, 0.4) is 0 Å². The molecule has 1 fully saturated rings. The van der Waals surface area contributed by atoms with Gasteiger partial charge in [0, 0.05) is 48.1 Å². The summed E-state index contributed by atoms with van der Waals surface area (Å²) in [7, 11) is 0. The van der Waals surface area contributed by atoms with Gasteiger partial charge in [0.1, 0.15) is 0 Å². The van der Waals surface area contributed by atoms with Gasteiger partial charge in [0.05, 0.1) is 5.69 Å². The number of thiazole rings is 1. The van der Waals surface area contributed by atoms with Crippen LogP contribution < -0.4 is 10.6 Å². The maximum atomic E-state index is 6.01. The molecule has 0 aromatic carbocycles. The summed E-state index contributed by atoms with van der Waals surface area (Å²) >= 11 is 3.74. The fourth-order valence-corrected chi connectivity index (χ4v) is 4.32. The molecule has 0 radical (unpaired) electrons. The molecule has 2 aromatic heterocycles. The first-order valence-electron chi connectivity index (χ1n) is 6.71. The molecule has 2 aromatic rings. The van der Waals surface area contributed by atoms with Crippen molar-refractivity contribution in [2.75, 3.05) is 23.7 Å². The highest BCUT2D eigenvalue weighted by atomic mass is 32.2. The van der Waals surface area contributed by atoms with Crippen molar-refractivity contribution >= 4 is 33.9 Å². The molecule has 6 heteroatoms. The second-order valence-electron chi connectivity index (χ2n) is 5.25. The summed E-state index contributed by atoms with van der Waals surface area (Å²) in [5, 5.41) is 2.77. The largest absolute Gasteiger partial charge is 0.353 e. The Morgan fingerprint density at radius 1 is 1.58 bits per heavy atom. The average molecular weight is 296 g/mol. The zero-order chi connectivity index (χ0) is 13.4. The third kappa shape index (κ3) is 2.61. The summed E-state index contributed by atoms with van der Waals surface area (Å²) < 4.78 is 2.20. The van der Waals surface area contributed by atoms with E-state index in [1.54, 1.807) is 11.3 Å². The maximum absolute atomic E-state index is 6.01. The fourth-order valence-electron chi connectivity index (χ4n) is 2.58. The molecule has 2 unspecified atom stereocenters. The van der Waals surface area contributed by atoms with Crippen LogP contribution in [0.25, 0.3) is 4.96 Å². The minimum Gasteiger partial charge on any atom is -0.353 e. The standard InChI is InChI=1S/C13H20N4S2/c1-9(14)7-11-12(15-13-17(11)4-6-19-13)16-3-5-18-10(2)8-16/h4,6,9-10H,3,5,7-8,14H2,1-2H3. The van der Waals surface area contributed by atoms with Gasteiger partial charge in [-0.1, -0.05) is 6.92 Å². The number of hydrogen-bond acceptors (Lipinski definition) is 5. The third-order valence-corrected chi connectivity index (χ3v) is 5.29. The van der Waals surface area contributed by atoms with Gasteiger partial charge in [0.15, 0.2) is 10.8 Å². The van der Waals surface area contributed by atoms with Gasteiger partial charge in [-0.2, -0.15) is 11.8 Å². The first kappa shape index (κ1) is 13.3. The van der Waals surface area contributed by atoms with E-state index in [0.717, 1.165) is 30.3 Å². The molecule has 1 saturated heterocycles. The number of rotatable bonds is 3. The van der Waals surface area contributed by atoms with Crippen LogP contribution in [0.1, 0.15) is 19.5 Å². The lowest BCUT2D eigenvalue weighted by Crippen LogP contribution is -2.37. The van der Waals surface area contributed by atoms with E-state index >= 15 is 0 Å². The van der Waals surface area contributed by atoms with Crippen molar-refractivity contribution in [3.05, 3.63) is 17.3 Å². The summed E-state index contributed by atoms with van der Waals surface area (Å²) in [6.07, 6.45) is 2.99. The lowest BCUT2D eigenvalue weighted by molar-refractivity contribution is 0.704. The van der Waals surface area contributed by atoms with Crippen LogP contribution in [-0.2, 0) is 6.42 Å². The smallest absolute Gasteiger partial charge is 0.195 e. The molecular formula is C13H20N4S2. The molecule has 1 aliphatic heterocycles. The van der Waals surface area contributed by atoms with Gasteiger partial charge in [-0.25, -0.2) is 4.98 Å². The molecular weight excluding hydrogens is 276 g/mol. The Balaban J connectivity index is 1.98. The molecule has 3 heterocycles. The second kappa shape index (κ2) is 5.34. The van der Waals surface area contributed by atoms with Crippen LogP contribution in [0, 0.1) is 0 Å². The Kier molecular flexibility index (Phi) is 3.73. The van der Waals surface area contributed by atoms with Crippen LogP contribution in [0.5, 0.6) is 0 Å². The van der Waals surface area contributed by atoms with Gasteiger partial charge in [0.2, 0.25) is 0 Å². The first-order valence-corrected chi connectivity index (χ1v) is 8.64. The fraction of sp³-hybridized carbons (Fsp3) is 0.615. The van der Waals surface area contributed by atoms with E-state index in [9.17, 15) is 0 Å². The highest BCUT2D eigenvalue weighted by molar-refractivity contribution is 8.00. The lowest BCUT2D eigenvalue weighted by atomic mass is 10.2. The molecule has 0 saturated carbocycles. The van der Waals surface area contributed by atoms with Crippen molar-refractivity contribution in [3.8, 4) is 0 Å². The molecule has 1 aliphatic rings. The van der Waals surface area contributed by atoms with Gasteiger partial charge in [0.25, 0.3) is 0 Å². The van der Waals surface area contributed by atoms with Crippen LogP contribution in [0.2, 0.25) is 0 Å². The number of imidazole rings is 1. The Morgan fingerprint density at radius 2 is 2.42 bits per heavy atom. The number of aromatic nitrogens is 2. The third-order valence-electron chi connectivity index (χ3n) is 3.40. The van der Waals surface area contributed by atoms with E-state index < -0.39 is 0 Å². The van der Waals surface area contributed by atoms with E-state index in [2.05, 4.69) is 34.7 Å². The van der Waals surface area contributed by atoms with Gasteiger partial charge in [-0.05, 0) is 6.92 Å². The van der Waals surface area contributed by atoms with Crippen molar-refractivity contribution in [1.82, 2.24) is 9.38 Å². The van der Waals surface area contributed by atoms with E-state index in [0.29, 0.717) is 5.25 Å². The normalized spacial score (nSPS) is 22.1. The number of anilines is 1. The number of nitrogens with zero attached hydrogens (tertiary/aromatic N) is 3. The number of thioether (sulfide) groups is 1. The van der Waals surface area contributed by atoms with Gasteiger partial charge >= 0.3 is 0 Å². The minimum absolute atomic E-state index is 0.162. The van der Waals surface area contributed by atoms with E-state index in [1.165, 1.54) is 11.4 Å². The molecule has 0 aliphatic carbocycles. The molecule has 4 nitrogen and oxygen atoms in total.